The van der Waals surface area contributed by atoms with Crippen LogP contribution in [0.15, 0.2) is 18.2 Å². The third-order valence-corrected chi connectivity index (χ3v) is 4.35. The van der Waals surface area contributed by atoms with Crippen LogP contribution in [0.4, 0.5) is 17.6 Å². The zero-order valence-electron chi connectivity index (χ0n) is 13.0. The van der Waals surface area contributed by atoms with Crippen LogP contribution in [0.25, 0.3) is 0 Å². The molecule has 23 heavy (non-hydrogen) atoms. The summed E-state index contributed by atoms with van der Waals surface area (Å²) in [6, 6.07) is 1.92. The van der Waals surface area contributed by atoms with Crippen LogP contribution < -0.4 is 4.74 Å². The number of hydrogen-bond donors (Lipinski definition) is 0. The highest BCUT2D eigenvalue weighted by atomic mass is 19.4. The van der Waals surface area contributed by atoms with Crippen molar-refractivity contribution in [3.63, 3.8) is 0 Å². The van der Waals surface area contributed by atoms with Gasteiger partial charge >= 0.3 is 12.1 Å². The van der Waals surface area contributed by atoms with Crippen molar-refractivity contribution in [2.75, 3.05) is 0 Å². The lowest BCUT2D eigenvalue weighted by Crippen LogP contribution is -2.26. The highest BCUT2D eigenvalue weighted by Crippen LogP contribution is 2.34. The van der Waals surface area contributed by atoms with Crippen LogP contribution in [0, 0.1) is 17.7 Å². The molecule has 1 fully saturated rings. The molecule has 1 saturated carbocycles. The molecule has 1 aromatic carbocycles. The van der Waals surface area contributed by atoms with Crippen molar-refractivity contribution >= 4 is 5.97 Å². The summed E-state index contributed by atoms with van der Waals surface area (Å²) >= 11 is 0. The van der Waals surface area contributed by atoms with E-state index in [4.69, 9.17) is 4.74 Å². The largest absolute Gasteiger partial charge is 0.423 e. The molecule has 0 aliphatic heterocycles. The molecule has 0 heterocycles. The van der Waals surface area contributed by atoms with Gasteiger partial charge in [-0.05, 0) is 49.8 Å². The summed E-state index contributed by atoms with van der Waals surface area (Å²) < 4.78 is 56.1. The van der Waals surface area contributed by atoms with Crippen molar-refractivity contribution in [1.29, 1.82) is 0 Å². The molecule has 0 aromatic heterocycles. The predicted octanol–water partition coefficient (Wildman–Crippen LogP) is 5.36. The summed E-state index contributed by atoms with van der Waals surface area (Å²) in [6.45, 7) is 2.12. The molecule has 1 aliphatic rings. The Morgan fingerprint density at radius 2 is 1.87 bits per heavy atom. The fourth-order valence-electron chi connectivity index (χ4n) is 3.05. The molecule has 1 aliphatic carbocycles. The fourth-order valence-corrected chi connectivity index (χ4v) is 3.05. The third-order valence-electron chi connectivity index (χ3n) is 4.35. The van der Waals surface area contributed by atoms with Gasteiger partial charge in [0.1, 0.15) is 0 Å². The van der Waals surface area contributed by atoms with Crippen LogP contribution in [0.5, 0.6) is 5.75 Å². The number of esters is 1. The van der Waals surface area contributed by atoms with Gasteiger partial charge in [0.25, 0.3) is 0 Å². The Morgan fingerprint density at radius 3 is 2.39 bits per heavy atom. The van der Waals surface area contributed by atoms with E-state index in [2.05, 4.69) is 6.92 Å². The van der Waals surface area contributed by atoms with Gasteiger partial charge in [-0.2, -0.15) is 13.2 Å². The average molecular weight is 332 g/mol. The van der Waals surface area contributed by atoms with Gasteiger partial charge in [0.15, 0.2) is 11.6 Å². The Morgan fingerprint density at radius 1 is 1.22 bits per heavy atom. The van der Waals surface area contributed by atoms with E-state index in [0.717, 1.165) is 31.7 Å². The predicted molar refractivity (Wildman–Crippen MR) is 77.4 cm³/mol. The molecule has 0 saturated heterocycles. The minimum Gasteiger partial charge on any atom is -0.423 e. The maximum atomic E-state index is 13.7. The molecule has 128 valence electrons. The molecule has 0 amide bonds. The highest BCUT2D eigenvalue weighted by Gasteiger charge is 2.32. The van der Waals surface area contributed by atoms with Gasteiger partial charge in [0.05, 0.1) is 11.5 Å². The molecular weight excluding hydrogens is 312 g/mol. The van der Waals surface area contributed by atoms with Gasteiger partial charge in [-0.1, -0.05) is 19.8 Å². The Hall–Kier alpha value is -1.59. The Bertz CT molecular complexity index is 546. The summed E-state index contributed by atoms with van der Waals surface area (Å²) in [5.74, 6) is -1.86. The lowest BCUT2D eigenvalue weighted by molar-refractivity contribution is -0.140. The normalized spacial score (nSPS) is 22.0. The van der Waals surface area contributed by atoms with E-state index in [-0.39, 0.29) is 5.92 Å². The molecular formula is C17H20F4O2. The lowest BCUT2D eigenvalue weighted by Gasteiger charge is -2.26. The van der Waals surface area contributed by atoms with Crippen LogP contribution in [0.3, 0.4) is 0 Å². The van der Waals surface area contributed by atoms with Crippen LogP contribution in [-0.4, -0.2) is 5.97 Å². The van der Waals surface area contributed by atoms with Crippen LogP contribution in [0.2, 0.25) is 0 Å². The average Bonchev–Trinajstić information content (AvgIpc) is 2.49. The minimum absolute atomic E-state index is 0.301. The summed E-state index contributed by atoms with van der Waals surface area (Å²) in [6.07, 6.45) is 0.858. The number of carbonyl (C=O) groups excluding carboxylic acids is 1. The highest BCUT2D eigenvalue weighted by molar-refractivity contribution is 5.75. The number of hydrogen-bond acceptors (Lipinski definition) is 2. The van der Waals surface area contributed by atoms with Crippen molar-refractivity contribution in [2.24, 2.45) is 11.8 Å². The minimum atomic E-state index is -4.62. The fraction of sp³-hybridized carbons (Fsp3) is 0.588. The van der Waals surface area contributed by atoms with Gasteiger partial charge in [-0.3, -0.25) is 4.79 Å². The monoisotopic (exact) mass is 332 g/mol. The Kier molecular flexibility index (Phi) is 5.65. The van der Waals surface area contributed by atoms with E-state index in [1.807, 2.05) is 0 Å². The van der Waals surface area contributed by atoms with Gasteiger partial charge in [-0.15, -0.1) is 0 Å². The zero-order valence-corrected chi connectivity index (χ0v) is 13.0. The second-order valence-corrected chi connectivity index (χ2v) is 6.07. The first kappa shape index (κ1) is 17.8. The van der Waals surface area contributed by atoms with E-state index in [9.17, 15) is 22.4 Å². The lowest BCUT2D eigenvalue weighted by atomic mass is 9.80. The number of rotatable bonds is 4. The zero-order chi connectivity index (χ0) is 17.0. The van der Waals surface area contributed by atoms with E-state index in [1.165, 1.54) is 0 Å². The number of halogens is 4. The second-order valence-electron chi connectivity index (χ2n) is 6.07. The summed E-state index contributed by atoms with van der Waals surface area (Å²) in [5, 5.41) is 0. The van der Waals surface area contributed by atoms with Gasteiger partial charge in [-0.25, -0.2) is 4.39 Å². The number of benzene rings is 1. The van der Waals surface area contributed by atoms with E-state index < -0.39 is 29.3 Å². The molecule has 0 unspecified atom stereocenters. The third kappa shape index (κ3) is 4.69. The van der Waals surface area contributed by atoms with Crippen molar-refractivity contribution in [3.8, 4) is 5.75 Å². The second kappa shape index (κ2) is 7.32. The first-order valence-electron chi connectivity index (χ1n) is 7.89. The molecule has 2 rings (SSSR count). The summed E-state index contributed by atoms with van der Waals surface area (Å²) in [7, 11) is 0. The van der Waals surface area contributed by atoms with Crippen LogP contribution >= 0.6 is 0 Å². The summed E-state index contributed by atoms with van der Waals surface area (Å²) in [4.78, 5) is 12.1. The van der Waals surface area contributed by atoms with Crippen molar-refractivity contribution in [3.05, 3.63) is 29.6 Å². The molecule has 0 atom stereocenters. The summed E-state index contributed by atoms with van der Waals surface area (Å²) in [5.41, 5.74) is -1.10. The standard InChI is InChI=1S/C17H20F4O2/c1-2-3-11-4-6-12(7-5-11)16(22)23-15-9-8-13(10-14(15)18)17(19,20)21/h8-12H,2-7H2,1H3. The van der Waals surface area contributed by atoms with Crippen LogP contribution in [0.1, 0.15) is 51.0 Å². The maximum Gasteiger partial charge on any atom is 0.416 e. The van der Waals surface area contributed by atoms with Crippen molar-refractivity contribution in [2.45, 2.75) is 51.6 Å². The first-order valence-corrected chi connectivity index (χ1v) is 7.89. The van der Waals surface area contributed by atoms with Crippen molar-refractivity contribution < 1.29 is 27.1 Å². The van der Waals surface area contributed by atoms with E-state index in [1.54, 1.807) is 0 Å². The SMILES string of the molecule is CCCC1CCC(C(=O)Oc2ccc(C(F)(F)F)cc2F)CC1. The molecule has 0 bridgehead atoms. The number of ether oxygens (including phenoxy) is 1. The van der Waals surface area contributed by atoms with Crippen LogP contribution in [-0.2, 0) is 11.0 Å². The molecule has 0 radical (unpaired) electrons. The molecule has 0 N–H and O–H groups in total. The van der Waals surface area contributed by atoms with E-state index in [0.29, 0.717) is 30.9 Å². The number of carbonyl (C=O) groups is 1. The van der Waals surface area contributed by atoms with Gasteiger partial charge < -0.3 is 4.74 Å². The van der Waals surface area contributed by atoms with Gasteiger partial charge in [0.2, 0.25) is 0 Å². The smallest absolute Gasteiger partial charge is 0.416 e. The Balaban J connectivity index is 1.96. The number of alkyl halides is 3. The topological polar surface area (TPSA) is 26.3 Å². The molecule has 1 aromatic rings. The Labute approximate surface area is 132 Å². The maximum absolute atomic E-state index is 13.7. The first-order chi connectivity index (χ1) is 10.8. The van der Waals surface area contributed by atoms with Crippen molar-refractivity contribution in [1.82, 2.24) is 0 Å². The molecule has 6 heteroatoms. The quantitative estimate of drug-likeness (QED) is 0.422. The van der Waals surface area contributed by atoms with E-state index >= 15 is 0 Å². The molecule has 0 spiro atoms. The molecule has 2 nitrogen and oxygen atoms in total. The van der Waals surface area contributed by atoms with Gasteiger partial charge in [0, 0.05) is 0 Å².